The van der Waals surface area contributed by atoms with Crippen LogP contribution in [0.25, 0.3) is 0 Å². The molecule has 7 nitrogen and oxygen atoms in total. The minimum atomic E-state index is -0.570. The van der Waals surface area contributed by atoms with Crippen LogP contribution in [-0.2, 0) is 16.1 Å². The second-order valence-electron chi connectivity index (χ2n) is 3.59. The third-order valence-corrected chi connectivity index (χ3v) is 2.00. The largest absolute Gasteiger partial charge is 0.464 e. The summed E-state index contributed by atoms with van der Waals surface area (Å²) in [7, 11) is 1.26. The average Bonchev–Trinajstić information content (AvgIpc) is 2.59. The van der Waals surface area contributed by atoms with Crippen molar-refractivity contribution in [2.45, 2.75) is 26.3 Å². The van der Waals surface area contributed by atoms with Crippen LogP contribution in [0.15, 0.2) is 0 Å². The van der Waals surface area contributed by atoms with Crippen LogP contribution in [-0.4, -0.2) is 34.0 Å². The summed E-state index contributed by atoms with van der Waals surface area (Å²) >= 11 is 0. The molecule has 0 aliphatic rings. The maximum atomic E-state index is 11.4. The Labute approximate surface area is 92.6 Å². The molecule has 1 rings (SSSR count). The summed E-state index contributed by atoms with van der Waals surface area (Å²) in [6, 6.07) is 0. The van der Waals surface area contributed by atoms with Crippen molar-refractivity contribution >= 4 is 11.9 Å². The summed E-state index contributed by atoms with van der Waals surface area (Å²) in [6.45, 7) is 3.63. The van der Waals surface area contributed by atoms with Gasteiger partial charge in [0.15, 0.2) is 5.69 Å². The van der Waals surface area contributed by atoms with E-state index in [1.54, 1.807) is 0 Å². The molecule has 0 saturated carbocycles. The van der Waals surface area contributed by atoms with E-state index in [0.29, 0.717) is 5.69 Å². The molecule has 2 N–H and O–H groups in total. The molecule has 0 bridgehead atoms. The third kappa shape index (κ3) is 2.36. The van der Waals surface area contributed by atoms with E-state index >= 15 is 0 Å². The van der Waals surface area contributed by atoms with Gasteiger partial charge >= 0.3 is 5.97 Å². The lowest BCUT2D eigenvalue weighted by Gasteiger charge is -2.08. The molecule has 0 unspecified atom stereocenters. The van der Waals surface area contributed by atoms with Crippen molar-refractivity contribution in [1.29, 1.82) is 0 Å². The van der Waals surface area contributed by atoms with Gasteiger partial charge in [0.25, 0.3) is 0 Å². The summed E-state index contributed by atoms with van der Waals surface area (Å²) in [5.41, 5.74) is 5.74. The number of primary amides is 1. The number of carbonyl (C=O) groups is 2. The number of amides is 1. The number of methoxy groups -OCH3 is 1. The van der Waals surface area contributed by atoms with Crippen molar-refractivity contribution in [3.8, 4) is 0 Å². The molecule has 0 radical (unpaired) electrons. The molecule has 0 aliphatic heterocycles. The smallest absolute Gasteiger partial charge is 0.360 e. The minimum absolute atomic E-state index is 0.0107. The number of nitrogens with zero attached hydrogens (tertiary/aromatic N) is 3. The molecule has 88 valence electrons. The lowest BCUT2D eigenvalue weighted by atomic mass is 10.1. The van der Waals surface area contributed by atoms with Gasteiger partial charge in [0, 0.05) is 0 Å². The quantitative estimate of drug-likeness (QED) is 0.709. The van der Waals surface area contributed by atoms with Crippen LogP contribution in [0.2, 0.25) is 0 Å². The third-order valence-electron chi connectivity index (χ3n) is 2.00. The first-order valence-electron chi connectivity index (χ1n) is 4.77. The number of nitrogens with two attached hydrogens (primary N) is 1. The zero-order valence-electron chi connectivity index (χ0n) is 9.43. The predicted molar refractivity (Wildman–Crippen MR) is 54.6 cm³/mol. The van der Waals surface area contributed by atoms with Crippen LogP contribution < -0.4 is 5.73 Å². The monoisotopic (exact) mass is 226 g/mol. The fourth-order valence-electron chi connectivity index (χ4n) is 1.40. The topological polar surface area (TPSA) is 100 Å². The average molecular weight is 226 g/mol. The van der Waals surface area contributed by atoms with Crippen molar-refractivity contribution in [2.24, 2.45) is 5.73 Å². The summed E-state index contributed by atoms with van der Waals surface area (Å²) < 4.78 is 5.89. The van der Waals surface area contributed by atoms with Crippen LogP contribution in [0.5, 0.6) is 0 Å². The Balaban J connectivity index is 3.16. The van der Waals surface area contributed by atoms with E-state index in [-0.39, 0.29) is 18.2 Å². The molecule has 1 heterocycles. The number of aromatic nitrogens is 3. The highest BCUT2D eigenvalue weighted by Crippen LogP contribution is 2.17. The number of esters is 1. The highest BCUT2D eigenvalue weighted by Gasteiger charge is 2.23. The Bertz CT molecular complexity index is 411. The Hall–Kier alpha value is -1.92. The minimum Gasteiger partial charge on any atom is -0.464 e. The molecule has 7 heteroatoms. The molecular formula is C9H14N4O3. The molecule has 16 heavy (non-hydrogen) atoms. The van der Waals surface area contributed by atoms with Crippen LogP contribution in [0.3, 0.4) is 0 Å². The lowest BCUT2D eigenvalue weighted by Crippen LogP contribution is -2.22. The number of hydrogen-bond donors (Lipinski definition) is 1. The van der Waals surface area contributed by atoms with E-state index in [1.165, 1.54) is 11.8 Å². The summed E-state index contributed by atoms with van der Waals surface area (Å²) in [4.78, 5) is 22.2. The summed E-state index contributed by atoms with van der Waals surface area (Å²) in [5.74, 6) is -1.12. The maximum absolute atomic E-state index is 11.4. The van der Waals surface area contributed by atoms with Crippen LogP contribution in [0.4, 0.5) is 0 Å². The van der Waals surface area contributed by atoms with Gasteiger partial charge in [-0.25, -0.2) is 9.48 Å². The fraction of sp³-hybridized carbons (Fsp3) is 0.556. The first-order valence-corrected chi connectivity index (χ1v) is 4.77. The Morgan fingerprint density at radius 3 is 2.56 bits per heavy atom. The summed E-state index contributed by atoms with van der Waals surface area (Å²) in [6.07, 6.45) is 0. The van der Waals surface area contributed by atoms with E-state index in [1.807, 2.05) is 13.8 Å². The van der Waals surface area contributed by atoms with Crippen LogP contribution >= 0.6 is 0 Å². The number of ether oxygens (including phenoxy) is 1. The molecule has 0 fully saturated rings. The van der Waals surface area contributed by atoms with E-state index in [4.69, 9.17) is 5.73 Å². The molecule has 0 atom stereocenters. The SMILES string of the molecule is COC(=O)c1nnn(CC(N)=O)c1C(C)C. The molecule has 1 aromatic rings. The molecule has 0 aliphatic carbocycles. The van der Waals surface area contributed by atoms with Gasteiger partial charge in [-0.05, 0) is 5.92 Å². The van der Waals surface area contributed by atoms with Gasteiger partial charge in [0.05, 0.1) is 12.8 Å². The molecule has 1 aromatic heterocycles. The highest BCUT2D eigenvalue weighted by molar-refractivity contribution is 5.88. The van der Waals surface area contributed by atoms with Gasteiger partial charge in [-0.1, -0.05) is 19.1 Å². The van der Waals surface area contributed by atoms with Crippen molar-refractivity contribution in [2.75, 3.05) is 7.11 Å². The number of hydrogen-bond acceptors (Lipinski definition) is 5. The van der Waals surface area contributed by atoms with E-state index in [0.717, 1.165) is 0 Å². The zero-order chi connectivity index (χ0) is 12.3. The molecular weight excluding hydrogens is 212 g/mol. The lowest BCUT2D eigenvalue weighted by molar-refractivity contribution is -0.118. The van der Waals surface area contributed by atoms with Gasteiger partial charge in [0.2, 0.25) is 5.91 Å². The number of carbonyl (C=O) groups excluding carboxylic acids is 2. The van der Waals surface area contributed by atoms with Gasteiger partial charge in [-0.2, -0.15) is 0 Å². The molecule has 0 spiro atoms. The standard InChI is InChI=1S/C9H14N4O3/c1-5(2)8-7(9(15)16-3)11-12-13(8)4-6(10)14/h5H,4H2,1-3H3,(H2,10,14). The Kier molecular flexibility index (Phi) is 3.60. The van der Waals surface area contributed by atoms with Crippen molar-refractivity contribution < 1.29 is 14.3 Å². The van der Waals surface area contributed by atoms with Crippen molar-refractivity contribution in [1.82, 2.24) is 15.0 Å². The van der Waals surface area contributed by atoms with E-state index in [9.17, 15) is 9.59 Å². The fourth-order valence-corrected chi connectivity index (χ4v) is 1.40. The Morgan fingerprint density at radius 1 is 1.50 bits per heavy atom. The number of rotatable bonds is 4. The van der Waals surface area contributed by atoms with Gasteiger partial charge in [0.1, 0.15) is 6.54 Å². The first-order chi connectivity index (χ1) is 7.47. The Morgan fingerprint density at radius 2 is 2.12 bits per heavy atom. The molecule has 0 saturated heterocycles. The van der Waals surface area contributed by atoms with Crippen molar-refractivity contribution in [3.63, 3.8) is 0 Å². The normalized spacial score (nSPS) is 10.5. The van der Waals surface area contributed by atoms with Crippen LogP contribution in [0.1, 0.15) is 35.9 Å². The van der Waals surface area contributed by atoms with Gasteiger partial charge in [-0.3, -0.25) is 4.79 Å². The van der Waals surface area contributed by atoms with E-state index < -0.39 is 11.9 Å². The van der Waals surface area contributed by atoms with Crippen molar-refractivity contribution in [3.05, 3.63) is 11.4 Å². The second kappa shape index (κ2) is 4.73. The maximum Gasteiger partial charge on any atom is 0.360 e. The van der Waals surface area contributed by atoms with Gasteiger partial charge in [-0.15, -0.1) is 5.10 Å². The second-order valence-corrected chi connectivity index (χ2v) is 3.59. The van der Waals surface area contributed by atoms with Gasteiger partial charge < -0.3 is 10.5 Å². The molecule has 1 amide bonds. The first kappa shape index (κ1) is 12.2. The predicted octanol–water partition coefficient (Wildman–Crippen LogP) is -0.327. The van der Waals surface area contributed by atoms with Crippen LogP contribution in [0, 0.1) is 0 Å². The zero-order valence-corrected chi connectivity index (χ0v) is 9.43. The molecule has 0 aromatic carbocycles. The highest BCUT2D eigenvalue weighted by atomic mass is 16.5. The van der Waals surface area contributed by atoms with E-state index in [2.05, 4.69) is 15.0 Å². The summed E-state index contributed by atoms with van der Waals surface area (Å²) in [5, 5.41) is 7.40.